The minimum Gasteiger partial charge on any atom is -0.380 e. The molecular weight excluding hydrogens is 256 g/mol. The normalized spacial score (nSPS) is 35.7. The lowest BCUT2D eigenvalue weighted by Gasteiger charge is -2.34. The van der Waals surface area contributed by atoms with Crippen molar-refractivity contribution in [3.05, 3.63) is 0 Å². The molecule has 3 unspecified atom stereocenters. The Bertz CT molecular complexity index is 423. The maximum absolute atomic E-state index is 12.3. The van der Waals surface area contributed by atoms with Gasteiger partial charge in [-0.05, 0) is 13.3 Å². The van der Waals surface area contributed by atoms with Gasteiger partial charge >= 0.3 is 0 Å². The first-order valence-electron chi connectivity index (χ1n) is 6.20. The van der Waals surface area contributed by atoms with Crippen LogP contribution in [0.1, 0.15) is 13.3 Å². The van der Waals surface area contributed by atoms with Gasteiger partial charge < -0.3 is 15.0 Å². The largest absolute Gasteiger partial charge is 0.380 e. The summed E-state index contributed by atoms with van der Waals surface area (Å²) in [6.45, 7) is 2.77. The van der Waals surface area contributed by atoms with Crippen LogP contribution in [0.5, 0.6) is 0 Å². The van der Waals surface area contributed by atoms with Gasteiger partial charge in [0.1, 0.15) is 0 Å². The van der Waals surface area contributed by atoms with E-state index >= 15 is 0 Å². The van der Waals surface area contributed by atoms with E-state index in [-0.39, 0.29) is 35.6 Å². The van der Waals surface area contributed by atoms with E-state index in [0.717, 1.165) is 0 Å². The Morgan fingerprint density at radius 3 is 2.72 bits per heavy atom. The maximum atomic E-state index is 12.3. The minimum absolute atomic E-state index is 0.00282. The molecule has 2 heterocycles. The minimum atomic E-state index is -2.98. The van der Waals surface area contributed by atoms with E-state index in [1.54, 1.807) is 18.9 Å². The fraction of sp³-hybridized carbons (Fsp3) is 0.909. The molecular formula is C11H20N2O4S. The molecule has 0 aromatic carbocycles. The van der Waals surface area contributed by atoms with Crippen LogP contribution in [0.15, 0.2) is 0 Å². The Morgan fingerprint density at radius 1 is 1.44 bits per heavy atom. The zero-order chi connectivity index (χ0) is 13.3. The second-order valence-electron chi connectivity index (χ2n) is 5.05. The van der Waals surface area contributed by atoms with Crippen molar-refractivity contribution in [1.82, 2.24) is 10.2 Å². The van der Waals surface area contributed by atoms with E-state index in [9.17, 15) is 13.2 Å². The summed E-state index contributed by atoms with van der Waals surface area (Å²) in [6, 6.07) is -0.474. The number of hydrogen-bond acceptors (Lipinski definition) is 5. The Kier molecular flexibility index (Phi) is 3.93. The lowest BCUT2D eigenvalue weighted by Crippen LogP contribution is -2.54. The van der Waals surface area contributed by atoms with E-state index < -0.39 is 9.84 Å². The van der Waals surface area contributed by atoms with Crippen LogP contribution in [-0.2, 0) is 19.4 Å². The molecule has 0 radical (unpaired) electrons. The zero-order valence-electron chi connectivity index (χ0n) is 10.8. The summed E-state index contributed by atoms with van der Waals surface area (Å²) in [5, 5.41) is 3.13. The van der Waals surface area contributed by atoms with Crippen LogP contribution >= 0.6 is 0 Å². The number of ether oxygens (including phenoxy) is 1. The summed E-state index contributed by atoms with van der Waals surface area (Å²) >= 11 is 0. The van der Waals surface area contributed by atoms with Crippen LogP contribution in [-0.4, -0.2) is 69.1 Å². The lowest BCUT2D eigenvalue weighted by molar-refractivity contribution is -0.134. The fourth-order valence-corrected chi connectivity index (χ4v) is 4.15. The molecule has 1 N–H and O–H groups in total. The predicted octanol–water partition coefficient (Wildman–Crippen LogP) is -0.991. The third-order valence-corrected chi connectivity index (χ3v) is 5.47. The molecule has 6 nitrogen and oxygen atoms in total. The molecule has 2 aliphatic rings. The molecule has 104 valence electrons. The van der Waals surface area contributed by atoms with Crippen LogP contribution in [0.3, 0.4) is 0 Å². The van der Waals surface area contributed by atoms with Crippen LogP contribution in [0, 0.1) is 0 Å². The predicted molar refractivity (Wildman–Crippen MR) is 67.0 cm³/mol. The monoisotopic (exact) mass is 276 g/mol. The van der Waals surface area contributed by atoms with Gasteiger partial charge in [-0.1, -0.05) is 0 Å². The molecule has 0 aromatic rings. The molecule has 2 fully saturated rings. The second-order valence-corrected chi connectivity index (χ2v) is 7.28. The maximum Gasteiger partial charge on any atom is 0.240 e. The van der Waals surface area contributed by atoms with Crippen molar-refractivity contribution in [3.63, 3.8) is 0 Å². The number of amides is 1. The first-order chi connectivity index (χ1) is 8.43. The topological polar surface area (TPSA) is 75.7 Å². The number of carbonyl (C=O) groups is 1. The van der Waals surface area contributed by atoms with E-state index in [2.05, 4.69) is 5.32 Å². The molecule has 2 aliphatic heterocycles. The van der Waals surface area contributed by atoms with Crippen molar-refractivity contribution < 1.29 is 17.9 Å². The Morgan fingerprint density at radius 2 is 2.17 bits per heavy atom. The summed E-state index contributed by atoms with van der Waals surface area (Å²) in [7, 11) is -1.34. The van der Waals surface area contributed by atoms with E-state index in [0.29, 0.717) is 19.5 Å². The van der Waals surface area contributed by atoms with Gasteiger partial charge in [-0.15, -0.1) is 0 Å². The Balaban J connectivity index is 1.98. The molecule has 0 spiro atoms. The fourth-order valence-electron chi connectivity index (χ4n) is 2.60. The quantitative estimate of drug-likeness (QED) is 0.701. The SMILES string of the molecule is COC1CNC(C(=O)N2CCS(=O)(=O)CC2C)C1. The summed E-state index contributed by atoms with van der Waals surface area (Å²) in [4.78, 5) is 14.0. The number of nitrogens with one attached hydrogen (secondary N) is 1. The van der Waals surface area contributed by atoms with E-state index in [4.69, 9.17) is 4.74 Å². The van der Waals surface area contributed by atoms with E-state index in [1.165, 1.54) is 0 Å². The zero-order valence-corrected chi connectivity index (χ0v) is 11.6. The first kappa shape index (κ1) is 13.8. The highest BCUT2D eigenvalue weighted by Crippen LogP contribution is 2.17. The number of methoxy groups -OCH3 is 1. The lowest BCUT2D eigenvalue weighted by atomic mass is 10.1. The van der Waals surface area contributed by atoms with Crippen molar-refractivity contribution in [2.45, 2.75) is 31.5 Å². The van der Waals surface area contributed by atoms with Crippen LogP contribution in [0.25, 0.3) is 0 Å². The Labute approximate surface area is 108 Å². The smallest absolute Gasteiger partial charge is 0.240 e. The van der Waals surface area contributed by atoms with Gasteiger partial charge in [0, 0.05) is 26.2 Å². The highest BCUT2D eigenvalue weighted by molar-refractivity contribution is 7.91. The number of sulfone groups is 1. The first-order valence-corrected chi connectivity index (χ1v) is 8.02. The standard InChI is InChI=1S/C11H20N2O4S/c1-8-7-18(15,16)4-3-13(8)11(14)10-5-9(17-2)6-12-10/h8-10,12H,3-7H2,1-2H3. The van der Waals surface area contributed by atoms with Gasteiger partial charge in [-0.2, -0.15) is 0 Å². The van der Waals surface area contributed by atoms with Crippen molar-refractivity contribution in [1.29, 1.82) is 0 Å². The third-order valence-electron chi connectivity index (χ3n) is 3.68. The molecule has 3 atom stereocenters. The second kappa shape index (κ2) is 5.14. The van der Waals surface area contributed by atoms with Crippen molar-refractivity contribution in [2.75, 3.05) is 31.7 Å². The Hall–Kier alpha value is -0.660. The molecule has 2 rings (SSSR count). The molecule has 0 saturated carbocycles. The number of rotatable bonds is 2. The molecule has 0 bridgehead atoms. The van der Waals surface area contributed by atoms with Gasteiger partial charge in [0.2, 0.25) is 5.91 Å². The molecule has 2 saturated heterocycles. The third kappa shape index (κ3) is 2.84. The van der Waals surface area contributed by atoms with Gasteiger partial charge in [0.15, 0.2) is 9.84 Å². The average Bonchev–Trinajstić information content (AvgIpc) is 2.75. The van der Waals surface area contributed by atoms with Gasteiger partial charge in [0.25, 0.3) is 0 Å². The summed E-state index contributed by atoms with van der Waals surface area (Å²) < 4.78 is 28.2. The molecule has 0 aromatic heterocycles. The highest BCUT2D eigenvalue weighted by Gasteiger charge is 2.37. The molecule has 7 heteroatoms. The number of nitrogens with zero attached hydrogens (tertiary/aromatic N) is 1. The van der Waals surface area contributed by atoms with Crippen LogP contribution in [0.2, 0.25) is 0 Å². The van der Waals surface area contributed by atoms with Crippen LogP contribution in [0.4, 0.5) is 0 Å². The van der Waals surface area contributed by atoms with Crippen molar-refractivity contribution in [3.8, 4) is 0 Å². The average molecular weight is 276 g/mol. The number of carbonyl (C=O) groups excluding carboxylic acids is 1. The van der Waals surface area contributed by atoms with E-state index in [1.807, 2.05) is 0 Å². The molecule has 1 amide bonds. The summed E-state index contributed by atoms with van der Waals surface area (Å²) in [5.74, 6) is 0.139. The van der Waals surface area contributed by atoms with Gasteiger partial charge in [-0.25, -0.2) is 8.42 Å². The van der Waals surface area contributed by atoms with Crippen LogP contribution < -0.4 is 5.32 Å². The summed E-state index contributed by atoms with van der Waals surface area (Å²) in [6.07, 6.45) is 0.730. The summed E-state index contributed by atoms with van der Waals surface area (Å²) in [5.41, 5.74) is 0. The van der Waals surface area contributed by atoms with Gasteiger partial charge in [-0.3, -0.25) is 4.79 Å². The molecule has 18 heavy (non-hydrogen) atoms. The van der Waals surface area contributed by atoms with Crippen molar-refractivity contribution in [2.24, 2.45) is 0 Å². The van der Waals surface area contributed by atoms with Gasteiger partial charge in [0.05, 0.1) is 23.7 Å². The molecule has 0 aliphatic carbocycles. The van der Waals surface area contributed by atoms with Crippen molar-refractivity contribution >= 4 is 15.7 Å². The highest BCUT2D eigenvalue weighted by atomic mass is 32.2. The number of hydrogen-bond donors (Lipinski definition) is 1.